The van der Waals surface area contributed by atoms with Crippen LogP contribution in [0.2, 0.25) is 0 Å². The molecule has 2 rings (SSSR count). The molecule has 1 aliphatic rings. The van der Waals surface area contributed by atoms with Gasteiger partial charge in [-0.05, 0) is 37.0 Å². The Morgan fingerprint density at radius 3 is 2.14 bits per heavy atom. The van der Waals surface area contributed by atoms with Gasteiger partial charge in [-0.25, -0.2) is 16.8 Å². The molecule has 0 spiro atoms. The van der Waals surface area contributed by atoms with E-state index in [-0.39, 0.29) is 16.4 Å². The Balaban J connectivity index is 2.34. The van der Waals surface area contributed by atoms with Gasteiger partial charge in [0.05, 0.1) is 16.4 Å². The molecule has 1 aliphatic heterocycles. The minimum atomic E-state index is -3.70. The van der Waals surface area contributed by atoms with Gasteiger partial charge in [0.25, 0.3) is 0 Å². The molecule has 124 valence electrons. The lowest BCUT2D eigenvalue weighted by molar-refractivity contribution is 0.272. The number of rotatable bonds is 4. The maximum Gasteiger partial charge on any atom is 0.243 e. The smallest absolute Gasteiger partial charge is 0.229 e. The van der Waals surface area contributed by atoms with Crippen LogP contribution in [0.1, 0.15) is 38.7 Å². The molecule has 5 nitrogen and oxygen atoms in total. The second-order valence-electron chi connectivity index (χ2n) is 6.54. The highest BCUT2D eigenvalue weighted by molar-refractivity contribution is 7.92. The zero-order valence-electron chi connectivity index (χ0n) is 13.4. The van der Waals surface area contributed by atoms with Crippen LogP contribution in [-0.2, 0) is 19.9 Å². The predicted molar refractivity (Wildman–Crippen MR) is 87.2 cm³/mol. The summed E-state index contributed by atoms with van der Waals surface area (Å²) in [6, 6.07) is 6.79. The Bertz CT molecular complexity index is 751. The summed E-state index contributed by atoms with van der Waals surface area (Å²) in [6.07, 6.45) is 0.329. The first-order chi connectivity index (χ1) is 9.98. The van der Waals surface area contributed by atoms with Gasteiger partial charge in [0.2, 0.25) is 10.0 Å². The molecule has 0 radical (unpaired) electrons. The Morgan fingerprint density at radius 1 is 1.18 bits per heavy atom. The third-order valence-electron chi connectivity index (χ3n) is 4.45. The molecule has 1 saturated heterocycles. The lowest BCUT2D eigenvalue weighted by Crippen LogP contribution is -2.48. The monoisotopic (exact) mass is 345 g/mol. The zero-order chi connectivity index (χ0) is 16.8. The van der Waals surface area contributed by atoms with Crippen LogP contribution in [0.15, 0.2) is 29.2 Å². The summed E-state index contributed by atoms with van der Waals surface area (Å²) in [5.74, 6) is 0.238. The molecule has 22 heavy (non-hydrogen) atoms. The second kappa shape index (κ2) is 5.62. The summed E-state index contributed by atoms with van der Waals surface area (Å²) in [4.78, 5) is 0.199. The first-order valence-electron chi connectivity index (χ1n) is 7.27. The summed E-state index contributed by atoms with van der Waals surface area (Å²) < 4.78 is 50.1. The summed E-state index contributed by atoms with van der Waals surface area (Å²) >= 11 is 0. The average molecular weight is 345 g/mol. The van der Waals surface area contributed by atoms with Gasteiger partial charge in [-0.2, -0.15) is 4.31 Å². The molecular formula is C15H23NO4S2. The van der Waals surface area contributed by atoms with E-state index >= 15 is 0 Å². The van der Waals surface area contributed by atoms with E-state index in [0.29, 0.717) is 12.3 Å². The summed E-state index contributed by atoms with van der Waals surface area (Å²) in [5, 5.41) is 0. The van der Waals surface area contributed by atoms with E-state index in [0.717, 1.165) is 5.56 Å². The van der Waals surface area contributed by atoms with Crippen molar-refractivity contribution in [2.24, 2.45) is 0 Å². The molecule has 7 heteroatoms. The van der Waals surface area contributed by atoms with E-state index in [4.69, 9.17) is 0 Å². The highest BCUT2D eigenvalue weighted by Crippen LogP contribution is 2.32. The van der Waals surface area contributed by atoms with Crippen molar-refractivity contribution in [3.8, 4) is 0 Å². The SMILES string of the molecule is CC(C)c1ccc(S(=O)(=O)N(C)[C@@]2(C)CCS(=O)(=O)C2)cc1. The number of benzene rings is 1. The number of hydrogen-bond acceptors (Lipinski definition) is 4. The standard InChI is InChI=1S/C15H23NO4S2/c1-12(2)13-5-7-14(8-6-13)22(19,20)16(4)15(3)9-10-21(17,18)11-15/h5-8,12H,9-11H2,1-4H3/t15-/m0/s1. The van der Waals surface area contributed by atoms with Gasteiger partial charge in [0.15, 0.2) is 9.84 Å². The molecule has 0 bridgehead atoms. The van der Waals surface area contributed by atoms with Crippen LogP contribution >= 0.6 is 0 Å². The molecule has 1 aromatic carbocycles. The fourth-order valence-electron chi connectivity index (χ4n) is 2.71. The van der Waals surface area contributed by atoms with Crippen molar-refractivity contribution in [3.05, 3.63) is 29.8 Å². The molecule has 0 aromatic heterocycles. The minimum absolute atomic E-state index is 0.0373. The van der Waals surface area contributed by atoms with E-state index in [2.05, 4.69) is 0 Å². The van der Waals surface area contributed by atoms with Gasteiger partial charge >= 0.3 is 0 Å². The molecule has 0 saturated carbocycles. The average Bonchev–Trinajstić information content (AvgIpc) is 2.73. The maximum atomic E-state index is 12.7. The first kappa shape index (κ1) is 17.4. The van der Waals surface area contributed by atoms with E-state index in [1.165, 1.54) is 11.4 Å². The summed E-state index contributed by atoms with van der Waals surface area (Å²) in [7, 11) is -5.41. The molecule has 1 heterocycles. The predicted octanol–water partition coefficient (Wildman–Crippen LogP) is 2.01. The highest BCUT2D eigenvalue weighted by atomic mass is 32.2. The van der Waals surface area contributed by atoms with Crippen LogP contribution in [0.25, 0.3) is 0 Å². The Hall–Kier alpha value is -0.920. The van der Waals surface area contributed by atoms with Crippen molar-refractivity contribution >= 4 is 19.9 Å². The third-order valence-corrected chi connectivity index (χ3v) is 8.37. The van der Waals surface area contributed by atoms with Crippen molar-refractivity contribution in [3.63, 3.8) is 0 Å². The van der Waals surface area contributed by atoms with E-state index in [9.17, 15) is 16.8 Å². The normalized spacial score (nSPS) is 25.0. The number of sulfonamides is 1. The number of sulfone groups is 1. The van der Waals surface area contributed by atoms with Gasteiger partial charge in [0.1, 0.15) is 0 Å². The molecule has 1 fully saturated rings. The van der Waals surface area contributed by atoms with Crippen molar-refractivity contribution < 1.29 is 16.8 Å². The minimum Gasteiger partial charge on any atom is -0.229 e. The number of nitrogens with zero attached hydrogens (tertiary/aromatic N) is 1. The lowest BCUT2D eigenvalue weighted by atomic mass is 10.0. The quantitative estimate of drug-likeness (QED) is 0.837. The second-order valence-corrected chi connectivity index (χ2v) is 10.7. The fraction of sp³-hybridized carbons (Fsp3) is 0.600. The van der Waals surface area contributed by atoms with Crippen LogP contribution in [0.5, 0.6) is 0 Å². The van der Waals surface area contributed by atoms with E-state index < -0.39 is 25.4 Å². The fourth-order valence-corrected chi connectivity index (χ4v) is 6.51. The maximum absolute atomic E-state index is 12.7. The largest absolute Gasteiger partial charge is 0.243 e. The Kier molecular flexibility index (Phi) is 4.45. The van der Waals surface area contributed by atoms with Crippen LogP contribution in [0.3, 0.4) is 0 Å². The molecule has 1 aromatic rings. The van der Waals surface area contributed by atoms with Crippen molar-refractivity contribution in [2.75, 3.05) is 18.6 Å². The van der Waals surface area contributed by atoms with Crippen molar-refractivity contribution in [1.29, 1.82) is 0 Å². The van der Waals surface area contributed by atoms with Gasteiger partial charge in [-0.3, -0.25) is 0 Å². The van der Waals surface area contributed by atoms with E-state index in [1.807, 2.05) is 13.8 Å². The topological polar surface area (TPSA) is 71.5 Å². The first-order valence-corrected chi connectivity index (χ1v) is 10.5. The molecule has 0 aliphatic carbocycles. The van der Waals surface area contributed by atoms with Gasteiger partial charge in [-0.1, -0.05) is 26.0 Å². The Morgan fingerprint density at radius 2 is 1.73 bits per heavy atom. The third kappa shape index (κ3) is 3.21. The van der Waals surface area contributed by atoms with Crippen LogP contribution < -0.4 is 0 Å². The molecule has 0 unspecified atom stereocenters. The molecular weight excluding hydrogens is 322 g/mol. The van der Waals surface area contributed by atoms with Crippen molar-refractivity contribution in [1.82, 2.24) is 4.31 Å². The van der Waals surface area contributed by atoms with Gasteiger partial charge < -0.3 is 0 Å². The molecule has 1 atom stereocenters. The summed E-state index contributed by atoms with van der Waals surface area (Å²) in [6.45, 7) is 5.78. The highest BCUT2D eigenvalue weighted by Gasteiger charge is 2.46. The van der Waals surface area contributed by atoms with Gasteiger partial charge in [0, 0.05) is 12.6 Å². The van der Waals surface area contributed by atoms with Crippen LogP contribution in [-0.4, -0.2) is 45.2 Å². The molecule has 0 amide bonds. The molecule has 0 N–H and O–H groups in total. The van der Waals surface area contributed by atoms with Crippen molar-refractivity contribution in [2.45, 2.75) is 43.5 Å². The van der Waals surface area contributed by atoms with E-state index in [1.54, 1.807) is 31.2 Å². The van der Waals surface area contributed by atoms with Crippen LogP contribution in [0.4, 0.5) is 0 Å². The summed E-state index contributed by atoms with van der Waals surface area (Å²) in [5.41, 5.74) is 0.185. The number of hydrogen-bond donors (Lipinski definition) is 0. The Labute approximate surface area is 133 Å². The van der Waals surface area contributed by atoms with Gasteiger partial charge in [-0.15, -0.1) is 0 Å². The zero-order valence-corrected chi connectivity index (χ0v) is 15.0. The lowest BCUT2D eigenvalue weighted by Gasteiger charge is -2.33. The van der Waals surface area contributed by atoms with Crippen LogP contribution in [0, 0.1) is 0 Å².